The lowest BCUT2D eigenvalue weighted by molar-refractivity contribution is 0.866. The number of fused-ring (bicyclic) bond motifs is 1. The Morgan fingerprint density at radius 1 is 1.00 bits per heavy atom. The maximum atomic E-state index is 4.42. The molecule has 29 heavy (non-hydrogen) atoms. The van der Waals surface area contributed by atoms with Crippen LogP contribution in [0.3, 0.4) is 0 Å². The molecule has 6 heteroatoms. The van der Waals surface area contributed by atoms with Crippen molar-refractivity contribution in [2.45, 2.75) is 13.8 Å². The monoisotopic (exact) mass is 401 g/mol. The number of hydrogen-bond donors (Lipinski definition) is 1. The summed E-state index contributed by atoms with van der Waals surface area (Å²) in [5.74, 6) is 0.714. The predicted octanol–water partition coefficient (Wildman–Crippen LogP) is 5.65. The van der Waals surface area contributed by atoms with Gasteiger partial charge >= 0.3 is 0 Å². The Kier molecular flexibility index (Phi) is 5.81. The number of hydrogen-bond acceptors (Lipinski definition) is 6. The van der Waals surface area contributed by atoms with Gasteiger partial charge in [0, 0.05) is 29.7 Å². The number of rotatable bonds is 7. The van der Waals surface area contributed by atoms with Crippen molar-refractivity contribution in [2.24, 2.45) is 5.10 Å². The molecule has 0 saturated heterocycles. The lowest BCUT2D eigenvalue weighted by atomic mass is 10.1. The molecule has 0 aliphatic carbocycles. The van der Waals surface area contributed by atoms with Crippen molar-refractivity contribution in [3.05, 3.63) is 71.9 Å². The number of benzene rings is 2. The van der Waals surface area contributed by atoms with E-state index in [9.17, 15) is 0 Å². The summed E-state index contributed by atoms with van der Waals surface area (Å²) in [6, 6.07) is 18.7. The maximum Gasteiger partial charge on any atom is 0.159 e. The number of nitrogens with one attached hydrogen (secondary N) is 1. The van der Waals surface area contributed by atoms with Gasteiger partial charge in [-0.05, 0) is 37.1 Å². The van der Waals surface area contributed by atoms with Crippen LogP contribution in [0.4, 0.5) is 11.5 Å². The molecule has 0 fully saturated rings. The first-order valence-electron chi connectivity index (χ1n) is 9.71. The molecule has 4 aromatic rings. The minimum absolute atomic E-state index is 0.714. The predicted molar refractivity (Wildman–Crippen MR) is 124 cm³/mol. The first-order valence-corrected chi connectivity index (χ1v) is 10.6. The van der Waals surface area contributed by atoms with Crippen LogP contribution in [0.5, 0.6) is 0 Å². The Hall–Kier alpha value is -3.25. The number of aromatic nitrogens is 2. The Labute approximate surface area is 174 Å². The summed E-state index contributed by atoms with van der Waals surface area (Å²) in [7, 11) is 0. The molecule has 0 saturated carbocycles. The summed E-state index contributed by atoms with van der Waals surface area (Å²) in [5.41, 5.74) is 7.63. The highest BCUT2D eigenvalue weighted by atomic mass is 32.1. The minimum atomic E-state index is 0.714. The summed E-state index contributed by atoms with van der Waals surface area (Å²) < 4.78 is 0. The van der Waals surface area contributed by atoms with Crippen LogP contribution < -0.4 is 10.3 Å². The highest BCUT2D eigenvalue weighted by molar-refractivity contribution is 7.17. The molecule has 2 aromatic carbocycles. The van der Waals surface area contributed by atoms with E-state index in [0.717, 1.165) is 40.0 Å². The van der Waals surface area contributed by atoms with E-state index < -0.39 is 0 Å². The third kappa shape index (κ3) is 4.12. The average Bonchev–Trinajstić information content (AvgIpc) is 3.21. The Balaban J connectivity index is 1.56. The molecule has 0 radical (unpaired) electrons. The van der Waals surface area contributed by atoms with Gasteiger partial charge in [0.2, 0.25) is 0 Å². The van der Waals surface area contributed by atoms with E-state index in [1.807, 2.05) is 24.4 Å². The van der Waals surface area contributed by atoms with Gasteiger partial charge in [0.05, 0.1) is 11.6 Å². The van der Waals surface area contributed by atoms with E-state index >= 15 is 0 Å². The third-order valence-electron chi connectivity index (χ3n) is 4.86. The molecule has 0 atom stereocenters. The molecule has 0 unspecified atom stereocenters. The fourth-order valence-electron chi connectivity index (χ4n) is 3.32. The normalized spacial score (nSPS) is 11.2. The molecule has 0 aliphatic rings. The second-order valence-corrected chi connectivity index (χ2v) is 7.41. The smallest absolute Gasteiger partial charge is 0.159 e. The topological polar surface area (TPSA) is 53.4 Å². The molecule has 0 spiro atoms. The number of thiophene rings is 1. The van der Waals surface area contributed by atoms with Crippen LogP contribution in [0.1, 0.15) is 19.4 Å². The van der Waals surface area contributed by atoms with E-state index in [1.54, 1.807) is 17.7 Å². The molecule has 146 valence electrons. The second kappa shape index (κ2) is 8.84. The quantitative estimate of drug-likeness (QED) is 0.321. The maximum absolute atomic E-state index is 4.42. The van der Waals surface area contributed by atoms with Gasteiger partial charge in [-0.2, -0.15) is 5.10 Å². The van der Waals surface area contributed by atoms with Crippen molar-refractivity contribution in [1.29, 1.82) is 0 Å². The second-order valence-electron chi connectivity index (χ2n) is 6.55. The molecule has 2 aromatic heterocycles. The van der Waals surface area contributed by atoms with Crippen LogP contribution in [-0.2, 0) is 0 Å². The largest absolute Gasteiger partial charge is 0.372 e. The summed E-state index contributed by atoms with van der Waals surface area (Å²) in [6.07, 6.45) is 3.39. The van der Waals surface area contributed by atoms with Gasteiger partial charge in [-0.15, -0.1) is 11.3 Å². The zero-order valence-electron chi connectivity index (χ0n) is 16.5. The Morgan fingerprint density at radius 2 is 1.76 bits per heavy atom. The SMILES string of the molecule is CCN(CC)c1ccc(C=NNc2ncnc3scc(-c4ccccc4)c23)cc1. The van der Waals surface area contributed by atoms with Crippen LogP contribution >= 0.6 is 11.3 Å². The van der Waals surface area contributed by atoms with Crippen LogP contribution in [0.25, 0.3) is 21.3 Å². The fourth-order valence-corrected chi connectivity index (χ4v) is 4.23. The summed E-state index contributed by atoms with van der Waals surface area (Å²) in [6.45, 7) is 6.33. The molecular formula is C23H23N5S. The van der Waals surface area contributed by atoms with Crippen LogP contribution in [0.2, 0.25) is 0 Å². The van der Waals surface area contributed by atoms with Gasteiger partial charge < -0.3 is 4.90 Å². The highest BCUT2D eigenvalue weighted by Crippen LogP contribution is 2.36. The average molecular weight is 402 g/mol. The lowest BCUT2D eigenvalue weighted by Gasteiger charge is -2.20. The van der Waals surface area contributed by atoms with Crippen molar-refractivity contribution < 1.29 is 0 Å². The molecule has 2 heterocycles. The molecular weight excluding hydrogens is 378 g/mol. The first-order chi connectivity index (χ1) is 14.3. The molecule has 0 aliphatic heterocycles. The Morgan fingerprint density at radius 3 is 2.48 bits per heavy atom. The van der Waals surface area contributed by atoms with Crippen molar-refractivity contribution in [2.75, 3.05) is 23.4 Å². The third-order valence-corrected chi connectivity index (χ3v) is 5.75. The zero-order valence-corrected chi connectivity index (χ0v) is 17.4. The van der Waals surface area contributed by atoms with Crippen molar-refractivity contribution in [3.8, 4) is 11.1 Å². The molecule has 1 N–H and O–H groups in total. The minimum Gasteiger partial charge on any atom is -0.372 e. The first kappa shape index (κ1) is 19.1. The van der Waals surface area contributed by atoms with E-state index in [0.29, 0.717) is 5.82 Å². The van der Waals surface area contributed by atoms with Crippen molar-refractivity contribution in [1.82, 2.24) is 9.97 Å². The van der Waals surface area contributed by atoms with Gasteiger partial charge in [0.15, 0.2) is 5.82 Å². The van der Waals surface area contributed by atoms with Crippen molar-refractivity contribution >= 4 is 39.3 Å². The number of hydrazone groups is 1. The zero-order chi connectivity index (χ0) is 20.1. The summed E-state index contributed by atoms with van der Waals surface area (Å²) >= 11 is 1.61. The molecule has 0 amide bonds. The van der Waals surface area contributed by atoms with Crippen LogP contribution in [0, 0.1) is 0 Å². The molecule has 5 nitrogen and oxygen atoms in total. The van der Waals surface area contributed by atoms with Gasteiger partial charge in [0.1, 0.15) is 11.2 Å². The highest BCUT2D eigenvalue weighted by Gasteiger charge is 2.12. The van der Waals surface area contributed by atoms with E-state index in [4.69, 9.17) is 0 Å². The fraction of sp³-hybridized carbons (Fsp3) is 0.174. The molecule has 4 rings (SSSR count). The van der Waals surface area contributed by atoms with Crippen LogP contribution in [0.15, 0.2) is 71.4 Å². The lowest BCUT2D eigenvalue weighted by Crippen LogP contribution is -2.21. The summed E-state index contributed by atoms with van der Waals surface area (Å²) in [5, 5.41) is 7.54. The summed E-state index contributed by atoms with van der Waals surface area (Å²) in [4.78, 5) is 12.1. The van der Waals surface area contributed by atoms with Gasteiger partial charge in [-0.3, -0.25) is 5.43 Å². The van der Waals surface area contributed by atoms with Gasteiger partial charge in [0.25, 0.3) is 0 Å². The number of anilines is 2. The van der Waals surface area contributed by atoms with Gasteiger partial charge in [-0.25, -0.2) is 9.97 Å². The van der Waals surface area contributed by atoms with E-state index in [1.165, 1.54) is 5.69 Å². The van der Waals surface area contributed by atoms with Crippen LogP contribution in [-0.4, -0.2) is 29.3 Å². The van der Waals surface area contributed by atoms with Gasteiger partial charge in [-0.1, -0.05) is 42.5 Å². The number of nitrogens with zero attached hydrogens (tertiary/aromatic N) is 4. The Bertz CT molecular complexity index is 1100. The van der Waals surface area contributed by atoms with E-state index in [2.05, 4.69) is 81.0 Å². The molecule has 0 bridgehead atoms. The standard InChI is InChI=1S/C23H23N5S/c1-3-28(4-2)19-12-10-17(11-13-19)14-26-27-22-21-20(18-8-6-5-7-9-18)15-29-23(21)25-16-24-22/h5-16H,3-4H2,1-2H3,(H,24,25,27). The van der Waals surface area contributed by atoms with E-state index in [-0.39, 0.29) is 0 Å². The van der Waals surface area contributed by atoms with Crippen molar-refractivity contribution in [3.63, 3.8) is 0 Å².